The normalized spacial score (nSPS) is 44.8. The highest BCUT2D eigenvalue weighted by Gasteiger charge is 2.60. The molecule has 3 saturated carbocycles. The van der Waals surface area contributed by atoms with Gasteiger partial charge in [0.15, 0.2) is 0 Å². The Morgan fingerprint density at radius 1 is 0.906 bits per heavy atom. The first-order chi connectivity index (χ1) is 15.3. The molecule has 1 nitrogen and oxygen atoms in total. The molecule has 182 valence electrons. The average Bonchev–Trinajstić information content (AvgIpc) is 3.40. The third kappa shape index (κ3) is 3.90. The van der Waals surface area contributed by atoms with Crippen molar-refractivity contribution in [2.45, 2.75) is 118 Å². The molecule has 0 amide bonds. The summed E-state index contributed by atoms with van der Waals surface area (Å²) in [5, 5.41) is 0. The summed E-state index contributed by atoms with van der Waals surface area (Å²) in [7, 11) is 0. The van der Waals surface area contributed by atoms with Crippen molar-refractivity contribution in [1.82, 2.24) is 4.90 Å². The van der Waals surface area contributed by atoms with Crippen molar-refractivity contribution in [3.63, 3.8) is 0 Å². The van der Waals surface area contributed by atoms with Crippen LogP contribution in [-0.2, 0) is 0 Å². The van der Waals surface area contributed by atoms with E-state index in [4.69, 9.17) is 0 Å². The molecular weight excluding hydrogens is 386 g/mol. The fourth-order valence-corrected chi connectivity index (χ4v) is 10.1. The molecule has 0 aromatic carbocycles. The van der Waals surface area contributed by atoms with E-state index in [2.05, 4.69) is 45.6 Å². The molecule has 0 radical (unpaired) electrons. The van der Waals surface area contributed by atoms with Crippen molar-refractivity contribution in [2.75, 3.05) is 13.1 Å². The minimum Gasteiger partial charge on any atom is -0.375 e. The van der Waals surface area contributed by atoms with E-state index in [9.17, 15) is 0 Å². The van der Waals surface area contributed by atoms with Gasteiger partial charge in [-0.2, -0.15) is 0 Å². The molecule has 0 unspecified atom stereocenters. The van der Waals surface area contributed by atoms with E-state index in [1.165, 1.54) is 83.7 Å². The van der Waals surface area contributed by atoms with Crippen molar-refractivity contribution < 1.29 is 0 Å². The van der Waals surface area contributed by atoms with Gasteiger partial charge in [0, 0.05) is 18.8 Å². The zero-order valence-electron chi connectivity index (χ0n) is 22.2. The number of fused-ring (bicyclic) bond motifs is 5. The van der Waals surface area contributed by atoms with Crippen LogP contribution in [0.25, 0.3) is 0 Å². The van der Waals surface area contributed by atoms with Gasteiger partial charge in [0.1, 0.15) is 0 Å². The first-order valence-corrected chi connectivity index (χ1v) is 14.8. The highest BCUT2D eigenvalue weighted by molar-refractivity contribution is 5.17. The Bertz CT molecular complexity index is 687. The van der Waals surface area contributed by atoms with Crippen molar-refractivity contribution in [3.05, 3.63) is 11.8 Å². The summed E-state index contributed by atoms with van der Waals surface area (Å²) < 4.78 is 0. The van der Waals surface area contributed by atoms with Crippen molar-refractivity contribution in [1.29, 1.82) is 0 Å². The van der Waals surface area contributed by atoms with Crippen LogP contribution < -0.4 is 0 Å². The number of allylic oxidation sites excluding steroid dienone is 2. The zero-order chi connectivity index (χ0) is 22.5. The van der Waals surface area contributed by atoms with E-state index in [0.29, 0.717) is 10.8 Å². The fraction of sp³-hybridized carbons (Fsp3) is 0.935. The lowest BCUT2D eigenvalue weighted by atomic mass is 9.45. The van der Waals surface area contributed by atoms with Gasteiger partial charge in [-0.3, -0.25) is 0 Å². The van der Waals surface area contributed by atoms with Gasteiger partial charge in [-0.05, 0) is 116 Å². The molecule has 0 spiro atoms. The Labute approximate surface area is 200 Å². The molecular formula is C31H53N. The Hall–Kier alpha value is -0.460. The molecule has 5 rings (SSSR count). The van der Waals surface area contributed by atoms with Crippen LogP contribution >= 0.6 is 0 Å². The molecule has 1 aliphatic heterocycles. The minimum absolute atomic E-state index is 0.592. The number of rotatable bonds is 6. The Balaban J connectivity index is 1.28. The predicted molar refractivity (Wildman–Crippen MR) is 137 cm³/mol. The second kappa shape index (κ2) is 8.96. The summed E-state index contributed by atoms with van der Waals surface area (Å²) >= 11 is 0. The third-order valence-corrected chi connectivity index (χ3v) is 12.0. The van der Waals surface area contributed by atoms with E-state index >= 15 is 0 Å². The van der Waals surface area contributed by atoms with E-state index in [-0.39, 0.29) is 0 Å². The molecule has 5 aliphatic rings. The largest absolute Gasteiger partial charge is 0.375 e. The lowest BCUT2D eigenvalue weighted by Crippen LogP contribution is -2.53. The van der Waals surface area contributed by atoms with Crippen LogP contribution in [-0.4, -0.2) is 18.0 Å². The van der Waals surface area contributed by atoms with Gasteiger partial charge in [-0.25, -0.2) is 0 Å². The van der Waals surface area contributed by atoms with Gasteiger partial charge in [0.25, 0.3) is 0 Å². The number of hydrogen-bond donors (Lipinski definition) is 0. The van der Waals surface area contributed by atoms with Gasteiger partial charge >= 0.3 is 0 Å². The fourth-order valence-electron chi connectivity index (χ4n) is 10.1. The summed E-state index contributed by atoms with van der Waals surface area (Å²) in [6, 6.07) is 0. The molecule has 1 saturated heterocycles. The summed E-state index contributed by atoms with van der Waals surface area (Å²) in [6.45, 7) is 15.6. The minimum atomic E-state index is 0.592. The van der Waals surface area contributed by atoms with Gasteiger partial charge in [-0.15, -0.1) is 0 Å². The lowest BCUT2D eigenvalue weighted by molar-refractivity contribution is -0.103. The van der Waals surface area contributed by atoms with Crippen molar-refractivity contribution in [2.24, 2.45) is 52.3 Å². The van der Waals surface area contributed by atoms with Crippen LogP contribution in [0.4, 0.5) is 0 Å². The maximum atomic E-state index is 2.76. The summed E-state index contributed by atoms with van der Waals surface area (Å²) in [6.07, 6.45) is 21.9. The number of nitrogens with zero attached hydrogens (tertiary/aromatic N) is 1. The third-order valence-electron chi connectivity index (χ3n) is 12.0. The predicted octanol–water partition coefficient (Wildman–Crippen LogP) is 8.70. The summed E-state index contributed by atoms with van der Waals surface area (Å²) in [5.74, 6) is 6.83. The average molecular weight is 440 g/mol. The van der Waals surface area contributed by atoms with Gasteiger partial charge in [0.2, 0.25) is 0 Å². The van der Waals surface area contributed by atoms with Crippen LogP contribution in [0.5, 0.6) is 0 Å². The van der Waals surface area contributed by atoms with Gasteiger partial charge in [-0.1, -0.05) is 60.0 Å². The second-order valence-corrected chi connectivity index (χ2v) is 14.0. The van der Waals surface area contributed by atoms with Gasteiger partial charge in [0.05, 0.1) is 0 Å². The molecule has 4 aliphatic carbocycles. The summed E-state index contributed by atoms with van der Waals surface area (Å²) in [5.41, 5.74) is 2.97. The van der Waals surface area contributed by atoms with Crippen molar-refractivity contribution >= 4 is 0 Å². The molecule has 0 aromatic heterocycles. The summed E-state index contributed by atoms with van der Waals surface area (Å²) in [4.78, 5) is 2.74. The molecule has 1 heterocycles. The van der Waals surface area contributed by atoms with Crippen LogP contribution in [0, 0.1) is 52.3 Å². The molecule has 1 heteroatoms. The highest BCUT2D eigenvalue weighted by Crippen LogP contribution is 2.68. The monoisotopic (exact) mass is 439 g/mol. The Kier molecular flexibility index (Phi) is 6.52. The highest BCUT2D eigenvalue weighted by atomic mass is 15.1. The standard InChI is InChI=1S/C31H53N/c1-22(2)9-8-10-23(3)27-13-14-28-26-12-11-24-21-25(32-19-6-7-20-32)15-17-30(24,4)29(26)16-18-31(27,28)5/h15,22-24,26-29H,6-14,16-21H2,1-5H3/t23-,24+,26-,27+,28-,29-,30+,31+/m1/s1. The molecule has 0 N–H and O–H groups in total. The SMILES string of the molecule is CC(C)CCC[C@@H](C)[C@@H]1CC[C@@H]2[C@H]3CC[C@H]4CC(N5CCCC5)=CC[C@]4(C)[C@@H]3CC[C@]21C. The Morgan fingerprint density at radius 3 is 2.41 bits per heavy atom. The molecule has 0 bridgehead atoms. The first kappa shape index (κ1) is 23.3. The van der Waals surface area contributed by atoms with E-state index in [1.807, 2.05) is 0 Å². The van der Waals surface area contributed by atoms with E-state index in [0.717, 1.165) is 41.4 Å². The molecule has 8 atom stereocenters. The van der Waals surface area contributed by atoms with E-state index in [1.54, 1.807) is 18.5 Å². The van der Waals surface area contributed by atoms with Crippen molar-refractivity contribution in [3.8, 4) is 0 Å². The van der Waals surface area contributed by atoms with Crippen LogP contribution in [0.3, 0.4) is 0 Å². The van der Waals surface area contributed by atoms with Gasteiger partial charge < -0.3 is 4.90 Å². The maximum Gasteiger partial charge on any atom is 0.0175 e. The molecule has 4 fully saturated rings. The molecule has 0 aromatic rings. The number of likely N-dealkylation sites (tertiary alicyclic amines) is 1. The van der Waals surface area contributed by atoms with E-state index < -0.39 is 0 Å². The Morgan fingerprint density at radius 2 is 1.66 bits per heavy atom. The first-order valence-electron chi connectivity index (χ1n) is 14.8. The second-order valence-electron chi connectivity index (χ2n) is 14.0. The topological polar surface area (TPSA) is 3.24 Å². The van der Waals surface area contributed by atoms with Crippen LogP contribution in [0.15, 0.2) is 11.8 Å². The maximum absolute atomic E-state index is 2.76. The van der Waals surface area contributed by atoms with Crippen LogP contribution in [0.1, 0.15) is 118 Å². The van der Waals surface area contributed by atoms with Crippen LogP contribution in [0.2, 0.25) is 0 Å². The smallest absolute Gasteiger partial charge is 0.0175 e. The lowest BCUT2D eigenvalue weighted by Gasteiger charge is -2.60. The quantitative estimate of drug-likeness (QED) is 0.400. The number of hydrogen-bond acceptors (Lipinski definition) is 1. The zero-order valence-corrected chi connectivity index (χ0v) is 22.2. The molecule has 32 heavy (non-hydrogen) atoms.